The van der Waals surface area contributed by atoms with Gasteiger partial charge in [0.1, 0.15) is 5.82 Å². The van der Waals surface area contributed by atoms with E-state index < -0.39 is 0 Å². The van der Waals surface area contributed by atoms with Gasteiger partial charge in [-0.2, -0.15) is 0 Å². The van der Waals surface area contributed by atoms with Crippen LogP contribution in [0.15, 0.2) is 36.4 Å². The average molecular weight is 264 g/mol. The van der Waals surface area contributed by atoms with E-state index in [1.54, 1.807) is 19.1 Å². The quantitative estimate of drug-likeness (QED) is 0.866. The number of benzene rings is 2. The molecule has 2 aromatic carbocycles. The first-order chi connectivity index (χ1) is 8.49. The molecule has 0 aliphatic carbocycles. The lowest BCUT2D eigenvalue weighted by Gasteiger charge is -2.14. The lowest BCUT2D eigenvalue weighted by Crippen LogP contribution is -2.12. The third-order valence-corrected chi connectivity index (χ3v) is 3.51. The molecule has 0 aliphatic heterocycles. The molecule has 3 heteroatoms. The minimum absolute atomic E-state index is 0.210. The van der Waals surface area contributed by atoms with Gasteiger partial charge in [-0.3, -0.25) is 0 Å². The summed E-state index contributed by atoms with van der Waals surface area (Å²) >= 11 is 5.99. The second kappa shape index (κ2) is 5.09. The highest BCUT2D eigenvalue weighted by atomic mass is 35.5. The maximum absolute atomic E-state index is 13.2. The van der Waals surface area contributed by atoms with Crippen molar-refractivity contribution in [1.29, 1.82) is 0 Å². The summed E-state index contributed by atoms with van der Waals surface area (Å²) in [5, 5.41) is 0.723. The zero-order chi connectivity index (χ0) is 13.3. The van der Waals surface area contributed by atoms with E-state index in [0.717, 1.165) is 21.7 Å². The standard InChI is InChI=1S/C15H15ClFN/c1-9-7-11(3-5-13(9)16)15(18)12-4-6-14(17)10(2)8-12/h3-8,15H,18H2,1-2H3. The fourth-order valence-electron chi connectivity index (χ4n) is 1.92. The topological polar surface area (TPSA) is 26.0 Å². The van der Waals surface area contributed by atoms with Gasteiger partial charge in [-0.15, -0.1) is 0 Å². The SMILES string of the molecule is Cc1cc(C(N)c2ccc(Cl)c(C)c2)ccc1F. The zero-order valence-electron chi connectivity index (χ0n) is 10.4. The molecule has 94 valence electrons. The summed E-state index contributed by atoms with van der Waals surface area (Å²) in [6.07, 6.45) is 0. The molecule has 18 heavy (non-hydrogen) atoms. The Kier molecular flexibility index (Phi) is 3.69. The second-order valence-electron chi connectivity index (χ2n) is 4.49. The third-order valence-electron chi connectivity index (χ3n) is 3.08. The Morgan fingerprint density at radius 1 is 1.00 bits per heavy atom. The van der Waals surface area contributed by atoms with Gasteiger partial charge in [-0.25, -0.2) is 4.39 Å². The van der Waals surface area contributed by atoms with Gasteiger partial charge in [0.25, 0.3) is 0 Å². The molecular weight excluding hydrogens is 249 g/mol. The molecule has 0 radical (unpaired) electrons. The van der Waals surface area contributed by atoms with E-state index in [-0.39, 0.29) is 11.9 Å². The van der Waals surface area contributed by atoms with Crippen molar-refractivity contribution in [3.63, 3.8) is 0 Å². The lowest BCUT2D eigenvalue weighted by molar-refractivity contribution is 0.617. The van der Waals surface area contributed by atoms with Gasteiger partial charge in [0.2, 0.25) is 0 Å². The van der Waals surface area contributed by atoms with E-state index in [0.29, 0.717) is 5.56 Å². The highest BCUT2D eigenvalue weighted by molar-refractivity contribution is 6.31. The Hall–Kier alpha value is -1.38. The molecule has 0 fully saturated rings. The Labute approximate surface area is 111 Å². The van der Waals surface area contributed by atoms with Crippen LogP contribution in [-0.4, -0.2) is 0 Å². The number of rotatable bonds is 2. The van der Waals surface area contributed by atoms with Crippen molar-refractivity contribution in [1.82, 2.24) is 0 Å². The van der Waals surface area contributed by atoms with Crippen LogP contribution in [0.5, 0.6) is 0 Å². The third kappa shape index (κ3) is 2.55. The summed E-state index contributed by atoms with van der Waals surface area (Å²) in [6.45, 7) is 3.67. The van der Waals surface area contributed by atoms with Gasteiger partial charge in [0, 0.05) is 5.02 Å². The Balaban J connectivity index is 2.37. The van der Waals surface area contributed by atoms with Crippen molar-refractivity contribution in [2.24, 2.45) is 5.73 Å². The minimum Gasteiger partial charge on any atom is -0.320 e. The molecular formula is C15H15ClFN. The van der Waals surface area contributed by atoms with Crippen molar-refractivity contribution < 1.29 is 4.39 Å². The molecule has 0 aliphatic rings. The first-order valence-corrected chi connectivity index (χ1v) is 6.14. The predicted molar refractivity (Wildman–Crippen MR) is 73.4 cm³/mol. The molecule has 1 unspecified atom stereocenters. The van der Waals surface area contributed by atoms with Crippen LogP contribution in [0, 0.1) is 19.7 Å². The van der Waals surface area contributed by atoms with Crippen LogP contribution >= 0.6 is 11.6 Å². The molecule has 0 spiro atoms. The first-order valence-electron chi connectivity index (χ1n) is 5.76. The predicted octanol–water partition coefficient (Wildman–Crippen LogP) is 4.14. The normalized spacial score (nSPS) is 12.5. The Morgan fingerprint density at radius 2 is 1.56 bits per heavy atom. The first kappa shape index (κ1) is 13.1. The number of nitrogens with two attached hydrogens (primary N) is 1. The summed E-state index contributed by atoms with van der Waals surface area (Å²) in [7, 11) is 0. The van der Waals surface area contributed by atoms with Crippen molar-refractivity contribution in [3.05, 3.63) is 69.5 Å². The molecule has 2 N–H and O–H groups in total. The van der Waals surface area contributed by atoms with Crippen LogP contribution in [0.4, 0.5) is 4.39 Å². The molecule has 0 saturated carbocycles. The van der Waals surface area contributed by atoms with Gasteiger partial charge < -0.3 is 5.73 Å². The van der Waals surface area contributed by atoms with E-state index in [1.807, 2.05) is 25.1 Å². The van der Waals surface area contributed by atoms with Crippen LogP contribution in [0.1, 0.15) is 28.3 Å². The summed E-state index contributed by atoms with van der Waals surface area (Å²) in [5.74, 6) is -0.210. The van der Waals surface area contributed by atoms with Crippen LogP contribution in [0.2, 0.25) is 5.02 Å². The number of hydrogen-bond acceptors (Lipinski definition) is 1. The van der Waals surface area contributed by atoms with E-state index in [1.165, 1.54) is 6.07 Å². The van der Waals surface area contributed by atoms with Gasteiger partial charge in [0.15, 0.2) is 0 Å². The average Bonchev–Trinajstić information content (AvgIpc) is 2.35. The Bertz CT molecular complexity index is 529. The highest BCUT2D eigenvalue weighted by Gasteiger charge is 2.11. The lowest BCUT2D eigenvalue weighted by atomic mass is 9.97. The van der Waals surface area contributed by atoms with Crippen LogP contribution in [0.25, 0.3) is 0 Å². The van der Waals surface area contributed by atoms with E-state index >= 15 is 0 Å². The monoisotopic (exact) mass is 263 g/mol. The zero-order valence-corrected chi connectivity index (χ0v) is 11.1. The van der Waals surface area contributed by atoms with Gasteiger partial charge in [0.05, 0.1) is 6.04 Å². The molecule has 1 nitrogen and oxygen atoms in total. The molecule has 0 aromatic heterocycles. The number of hydrogen-bond donors (Lipinski definition) is 1. The maximum Gasteiger partial charge on any atom is 0.126 e. The van der Waals surface area contributed by atoms with E-state index in [2.05, 4.69) is 0 Å². The van der Waals surface area contributed by atoms with Crippen molar-refractivity contribution in [2.75, 3.05) is 0 Å². The summed E-state index contributed by atoms with van der Waals surface area (Å²) in [6, 6.07) is 10.4. The minimum atomic E-state index is -0.264. The molecule has 2 aromatic rings. The second-order valence-corrected chi connectivity index (χ2v) is 4.90. The number of halogens is 2. The summed E-state index contributed by atoms with van der Waals surface area (Å²) < 4.78 is 13.2. The number of aryl methyl sites for hydroxylation is 2. The van der Waals surface area contributed by atoms with Gasteiger partial charge in [-0.1, -0.05) is 35.9 Å². The molecule has 0 saturated heterocycles. The highest BCUT2D eigenvalue weighted by Crippen LogP contribution is 2.25. The van der Waals surface area contributed by atoms with Gasteiger partial charge >= 0.3 is 0 Å². The van der Waals surface area contributed by atoms with Crippen LogP contribution < -0.4 is 5.73 Å². The smallest absolute Gasteiger partial charge is 0.126 e. The van der Waals surface area contributed by atoms with E-state index in [4.69, 9.17) is 17.3 Å². The molecule has 0 amide bonds. The molecule has 1 atom stereocenters. The maximum atomic E-state index is 13.2. The van der Waals surface area contributed by atoms with Crippen molar-refractivity contribution >= 4 is 11.6 Å². The largest absolute Gasteiger partial charge is 0.320 e. The Morgan fingerprint density at radius 3 is 2.11 bits per heavy atom. The summed E-state index contributed by atoms with van der Waals surface area (Å²) in [4.78, 5) is 0. The van der Waals surface area contributed by atoms with Gasteiger partial charge in [-0.05, 0) is 48.2 Å². The van der Waals surface area contributed by atoms with Crippen molar-refractivity contribution in [2.45, 2.75) is 19.9 Å². The van der Waals surface area contributed by atoms with E-state index in [9.17, 15) is 4.39 Å². The molecule has 0 bridgehead atoms. The molecule has 0 heterocycles. The van der Waals surface area contributed by atoms with Crippen molar-refractivity contribution in [3.8, 4) is 0 Å². The fraction of sp³-hybridized carbons (Fsp3) is 0.200. The van der Waals surface area contributed by atoms with Crippen LogP contribution in [0.3, 0.4) is 0 Å². The summed E-state index contributed by atoms with van der Waals surface area (Å²) in [5.41, 5.74) is 9.66. The van der Waals surface area contributed by atoms with Crippen LogP contribution in [-0.2, 0) is 0 Å². The fourth-order valence-corrected chi connectivity index (χ4v) is 2.03. The molecule has 2 rings (SSSR count).